The predicted molar refractivity (Wildman–Crippen MR) is 74.3 cm³/mol. The highest BCUT2D eigenvalue weighted by Crippen LogP contribution is 2.37. The van der Waals surface area contributed by atoms with Crippen molar-refractivity contribution in [2.75, 3.05) is 13.1 Å². The summed E-state index contributed by atoms with van der Waals surface area (Å²) >= 11 is 0. The zero-order valence-corrected chi connectivity index (χ0v) is 12.3. The lowest BCUT2D eigenvalue weighted by atomic mass is 9.82. The fraction of sp³-hybridized carbons (Fsp3) is 0.923. The fourth-order valence-corrected chi connectivity index (χ4v) is 2.45. The zero-order valence-electron chi connectivity index (χ0n) is 11.5. The number of hydrogen-bond acceptors (Lipinski definition) is 2. The number of nitrogens with zero attached hydrogens (tertiary/aromatic N) is 1. The first kappa shape index (κ1) is 16.7. The minimum absolute atomic E-state index is 0. The van der Waals surface area contributed by atoms with Gasteiger partial charge in [-0.1, -0.05) is 27.7 Å². The largest absolute Gasteiger partial charge is 0.341 e. The van der Waals surface area contributed by atoms with Crippen molar-refractivity contribution in [2.45, 2.75) is 53.0 Å². The number of hydrogen-bond donors (Lipinski definition) is 1. The van der Waals surface area contributed by atoms with Crippen LogP contribution in [0.1, 0.15) is 47.0 Å². The van der Waals surface area contributed by atoms with Gasteiger partial charge in [-0.05, 0) is 30.6 Å². The van der Waals surface area contributed by atoms with Crippen LogP contribution in [0.25, 0.3) is 0 Å². The van der Waals surface area contributed by atoms with E-state index in [-0.39, 0.29) is 30.3 Å². The van der Waals surface area contributed by atoms with Gasteiger partial charge in [-0.2, -0.15) is 0 Å². The summed E-state index contributed by atoms with van der Waals surface area (Å²) in [7, 11) is 0. The predicted octanol–water partition coefficient (Wildman–Crippen LogP) is 2.43. The first-order chi connectivity index (χ1) is 7.45. The van der Waals surface area contributed by atoms with E-state index in [1.807, 2.05) is 18.7 Å². The molecule has 0 aromatic carbocycles. The van der Waals surface area contributed by atoms with Gasteiger partial charge in [0.15, 0.2) is 0 Å². The van der Waals surface area contributed by atoms with Gasteiger partial charge in [-0.15, -0.1) is 12.4 Å². The Morgan fingerprint density at radius 3 is 2.24 bits per heavy atom. The van der Waals surface area contributed by atoms with Gasteiger partial charge in [0.1, 0.15) is 0 Å². The van der Waals surface area contributed by atoms with Crippen molar-refractivity contribution < 1.29 is 4.79 Å². The lowest BCUT2D eigenvalue weighted by Gasteiger charge is -2.28. The third-order valence-electron chi connectivity index (χ3n) is 4.25. The van der Waals surface area contributed by atoms with E-state index < -0.39 is 0 Å². The highest BCUT2D eigenvalue weighted by atomic mass is 35.5. The standard InChI is InChI=1S/C13H26N2O.ClH/c1-5-13(6-2)7-8-15(9-13)12(16)11(14)10(3)4;/h10-11H,5-9,14H2,1-4H3;1H. The van der Waals surface area contributed by atoms with Crippen LogP contribution in [0, 0.1) is 11.3 Å². The molecule has 0 aromatic heterocycles. The maximum Gasteiger partial charge on any atom is 0.239 e. The van der Waals surface area contributed by atoms with Gasteiger partial charge in [0.25, 0.3) is 0 Å². The van der Waals surface area contributed by atoms with E-state index >= 15 is 0 Å². The molecule has 0 spiro atoms. The molecule has 3 nitrogen and oxygen atoms in total. The molecule has 1 aliphatic heterocycles. The van der Waals surface area contributed by atoms with Crippen molar-refractivity contribution in [3.8, 4) is 0 Å². The molecular weight excluding hydrogens is 236 g/mol. The molecule has 102 valence electrons. The number of carbonyl (C=O) groups is 1. The average molecular weight is 263 g/mol. The summed E-state index contributed by atoms with van der Waals surface area (Å²) in [5.41, 5.74) is 6.27. The average Bonchev–Trinajstić information content (AvgIpc) is 2.72. The summed E-state index contributed by atoms with van der Waals surface area (Å²) in [5, 5.41) is 0. The van der Waals surface area contributed by atoms with Crippen LogP contribution in [-0.4, -0.2) is 29.9 Å². The first-order valence-electron chi connectivity index (χ1n) is 6.50. The maximum atomic E-state index is 12.1. The second kappa shape index (κ2) is 6.60. The highest BCUT2D eigenvalue weighted by molar-refractivity contribution is 5.85. The minimum atomic E-state index is -0.329. The number of likely N-dealkylation sites (tertiary alicyclic amines) is 1. The second-order valence-electron chi connectivity index (χ2n) is 5.49. The Balaban J connectivity index is 0.00000256. The Morgan fingerprint density at radius 1 is 1.35 bits per heavy atom. The SMILES string of the molecule is CCC1(CC)CCN(C(=O)C(N)C(C)C)C1.Cl. The minimum Gasteiger partial charge on any atom is -0.341 e. The fourth-order valence-electron chi connectivity index (χ4n) is 2.45. The summed E-state index contributed by atoms with van der Waals surface area (Å²) in [6.45, 7) is 10.2. The van der Waals surface area contributed by atoms with Crippen molar-refractivity contribution in [1.29, 1.82) is 0 Å². The van der Waals surface area contributed by atoms with Crippen molar-refractivity contribution in [1.82, 2.24) is 4.90 Å². The van der Waals surface area contributed by atoms with Crippen molar-refractivity contribution in [3.05, 3.63) is 0 Å². The van der Waals surface area contributed by atoms with Crippen LogP contribution in [0.3, 0.4) is 0 Å². The molecule has 1 aliphatic rings. The van der Waals surface area contributed by atoms with E-state index in [1.165, 1.54) is 0 Å². The smallest absolute Gasteiger partial charge is 0.239 e. The van der Waals surface area contributed by atoms with Crippen LogP contribution in [-0.2, 0) is 4.79 Å². The Kier molecular flexibility index (Phi) is 6.49. The maximum absolute atomic E-state index is 12.1. The molecule has 1 fully saturated rings. The highest BCUT2D eigenvalue weighted by Gasteiger charge is 2.38. The molecule has 17 heavy (non-hydrogen) atoms. The summed E-state index contributed by atoms with van der Waals surface area (Å²) in [5.74, 6) is 0.365. The summed E-state index contributed by atoms with van der Waals surface area (Å²) in [4.78, 5) is 14.1. The van der Waals surface area contributed by atoms with E-state index in [9.17, 15) is 4.79 Å². The van der Waals surface area contributed by atoms with Crippen molar-refractivity contribution >= 4 is 18.3 Å². The molecule has 0 radical (unpaired) electrons. The van der Waals surface area contributed by atoms with E-state index in [0.29, 0.717) is 5.41 Å². The number of carbonyl (C=O) groups excluding carboxylic acids is 1. The first-order valence-corrected chi connectivity index (χ1v) is 6.50. The van der Waals surface area contributed by atoms with Crippen LogP contribution in [0.5, 0.6) is 0 Å². The van der Waals surface area contributed by atoms with Gasteiger partial charge in [0.2, 0.25) is 5.91 Å². The molecule has 0 aliphatic carbocycles. The normalized spacial score (nSPS) is 20.2. The summed E-state index contributed by atoms with van der Waals surface area (Å²) in [6, 6.07) is -0.329. The van der Waals surface area contributed by atoms with Crippen LogP contribution >= 0.6 is 12.4 Å². The zero-order chi connectivity index (χ0) is 12.3. The van der Waals surface area contributed by atoms with Crippen LogP contribution < -0.4 is 5.73 Å². The number of amides is 1. The topological polar surface area (TPSA) is 46.3 Å². The van der Waals surface area contributed by atoms with Gasteiger partial charge in [0, 0.05) is 13.1 Å². The van der Waals surface area contributed by atoms with E-state index in [4.69, 9.17) is 5.73 Å². The molecule has 1 heterocycles. The number of nitrogens with two attached hydrogens (primary N) is 1. The Bertz CT molecular complexity index is 252. The lowest BCUT2D eigenvalue weighted by Crippen LogP contribution is -2.46. The molecule has 1 saturated heterocycles. The van der Waals surface area contributed by atoms with Gasteiger partial charge >= 0.3 is 0 Å². The van der Waals surface area contributed by atoms with Crippen LogP contribution in [0.15, 0.2) is 0 Å². The quantitative estimate of drug-likeness (QED) is 0.846. The summed E-state index contributed by atoms with van der Waals surface area (Å²) < 4.78 is 0. The molecule has 1 atom stereocenters. The molecule has 0 saturated carbocycles. The van der Waals surface area contributed by atoms with E-state index in [0.717, 1.165) is 32.4 Å². The van der Waals surface area contributed by atoms with Gasteiger partial charge in [-0.25, -0.2) is 0 Å². The molecule has 1 amide bonds. The number of halogens is 1. The van der Waals surface area contributed by atoms with Gasteiger partial charge in [-0.3, -0.25) is 4.79 Å². The second-order valence-corrected chi connectivity index (χ2v) is 5.49. The number of rotatable bonds is 4. The third kappa shape index (κ3) is 3.59. The van der Waals surface area contributed by atoms with Gasteiger partial charge in [0.05, 0.1) is 6.04 Å². The van der Waals surface area contributed by atoms with Gasteiger partial charge < -0.3 is 10.6 Å². The Labute approximate surface area is 112 Å². The summed E-state index contributed by atoms with van der Waals surface area (Å²) in [6.07, 6.45) is 3.45. The molecule has 2 N–H and O–H groups in total. The Hall–Kier alpha value is -0.280. The molecule has 1 rings (SSSR count). The molecular formula is C13H27ClN2O. The molecule has 1 unspecified atom stereocenters. The molecule has 0 aromatic rings. The molecule has 0 bridgehead atoms. The van der Waals surface area contributed by atoms with E-state index in [1.54, 1.807) is 0 Å². The monoisotopic (exact) mass is 262 g/mol. The molecule has 4 heteroatoms. The Morgan fingerprint density at radius 2 is 1.88 bits per heavy atom. The lowest BCUT2D eigenvalue weighted by molar-refractivity contribution is -0.132. The third-order valence-corrected chi connectivity index (χ3v) is 4.25. The van der Waals surface area contributed by atoms with Crippen LogP contribution in [0.2, 0.25) is 0 Å². The van der Waals surface area contributed by atoms with Crippen molar-refractivity contribution in [3.63, 3.8) is 0 Å². The van der Waals surface area contributed by atoms with Crippen molar-refractivity contribution in [2.24, 2.45) is 17.1 Å². The van der Waals surface area contributed by atoms with Crippen LogP contribution in [0.4, 0.5) is 0 Å². The van der Waals surface area contributed by atoms with E-state index in [2.05, 4.69) is 13.8 Å².